The maximum Gasteiger partial charge on any atom is 0.223 e. The molecule has 3 aliphatic rings. The summed E-state index contributed by atoms with van der Waals surface area (Å²) in [7, 11) is 0. The van der Waals surface area contributed by atoms with E-state index in [1.54, 1.807) is 0 Å². The number of carbonyl (C=O) groups excluding carboxylic acids is 1. The standard InChI is InChI=1S/C28H35FN2O2/c1-18-11-24(12-18)28(32)30-19(2)22-7-5-20(6-8-22)14-31-15-23-9-10-25(33-17-21-3-4-21)13-26(23)27(29)16-31/h5-10,13,18-19,21,24,27H,3-4,11-12,14-17H2,1-2H3,(H,30,32)/t18-,19-,24-,27?/m0/s1. The van der Waals surface area contributed by atoms with Gasteiger partial charge in [-0.05, 0) is 78.8 Å². The molecular formula is C28H35FN2O2. The molecular weight excluding hydrogens is 415 g/mol. The van der Waals surface area contributed by atoms with Gasteiger partial charge in [0.15, 0.2) is 0 Å². The molecule has 5 rings (SSSR count). The van der Waals surface area contributed by atoms with Crippen LogP contribution in [0.25, 0.3) is 0 Å². The monoisotopic (exact) mass is 450 g/mol. The Morgan fingerprint density at radius 1 is 1.18 bits per heavy atom. The van der Waals surface area contributed by atoms with E-state index in [1.165, 1.54) is 12.8 Å². The van der Waals surface area contributed by atoms with Crippen molar-refractivity contribution in [3.05, 3.63) is 64.7 Å². The van der Waals surface area contributed by atoms with Gasteiger partial charge >= 0.3 is 0 Å². The average Bonchev–Trinajstić information content (AvgIpc) is 3.61. The van der Waals surface area contributed by atoms with E-state index in [-0.39, 0.29) is 17.9 Å². The fraction of sp³-hybridized carbons (Fsp3) is 0.536. The van der Waals surface area contributed by atoms with E-state index in [9.17, 15) is 9.18 Å². The van der Waals surface area contributed by atoms with Crippen LogP contribution < -0.4 is 10.1 Å². The first-order valence-electron chi connectivity index (χ1n) is 12.5. The fourth-order valence-electron chi connectivity index (χ4n) is 5.05. The van der Waals surface area contributed by atoms with Crippen LogP contribution in [0.3, 0.4) is 0 Å². The number of nitrogens with zero attached hydrogens (tertiary/aromatic N) is 1. The van der Waals surface area contributed by atoms with Crippen molar-refractivity contribution in [2.75, 3.05) is 13.2 Å². The summed E-state index contributed by atoms with van der Waals surface area (Å²) in [5.41, 5.74) is 4.08. The van der Waals surface area contributed by atoms with Crippen molar-refractivity contribution in [1.29, 1.82) is 0 Å². The van der Waals surface area contributed by atoms with Gasteiger partial charge in [-0.25, -0.2) is 4.39 Å². The molecule has 0 bridgehead atoms. The molecule has 1 heterocycles. The topological polar surface area (TPSA) is 41.6 Å². The highest BCUT2D eigenvalue weighted by molar-refractivity contribution is 5.79. The Labute approximate surface area is 196 Å². The lowest BCUT2D eigenvalue weighted by atomic mass is 9.75. The average molecular weight is 451 g/mol. The van der Waals surface area contributed by atoms with E-state index in [0.29, 0.717) is 24.9 Å². The summed E-state index contributed by atoms with van der Waals surface area (Å²) in [5, 5.41) is 3.15. The quantitative estimate of drug-likeness (QED) is 0.559. The normalized spacial score (nSPS) is 25.6. The molecule has 33 heavy (non-hydrogen) atoms. The minimum atomic E-state index is -0.998. The zero-order valence-electron chi connectivity index (χ0n) is 19.7. The van der Waals surface area contributed by atoms with Gasteiger partial charge in [0.1, 0.15) is 11.9 Å². The second kappa shape index (κ2) is 9.46. The fourth-order valence-corrected chi connectivity index (χ4v) is 5.05. The molecule has 0 saturated heterocycles. The number of fused-ring (bicyclic) bond motifs is 1. The number of ether oxygens (including phenoxy) is 1. The maximum atomic E-state index is 15.0. The van der Waals surface area contributed by atoms with Crippen LogP contribution in [0.1, 0.15) is 74.0 Å². The first kappa shape index (κ1) is 22.4. The molecule has 2 fully saturated rings. The Bertz CT molecular complexity index is 982. The first-order chi connectivity index (χ1) is 15.9. The molecule has 0 spiro atoms. The molecule has 2 aliphatic carbocycles. The summed E-state index contributed by atoms with van der Waals surface area (Å²) in [4.78, 5) is 14.5. The van der Waals surface area contributed by atoms with Crippen molar-refractivity contribution in [3.8, 4) is 5.75 Å². The van der Waals surface area contributed by atoms with E-state index in [0.717, 1.165) is 54.0 Å². The summed E-state index contributed by atoms with van der Waals surface area (Å²) < 4.78 is 20.8. The molecule has 0 radical (unpaired) electrons. The molecule has 2 aromatic rings. The number of benzene rings is 2. The minimum Gasteiger partial charge on any atom is -0.493 e. The lowest BCUT2D eigenvalue weighted by molar-refractivity contribution is -0.129. The highest BCUT2D eigenvalue weighted by Crippen LogP contribution is 2.35. The van der Waals surface area contributed by atoms with E-state index >= 15 is 0 Å². The van der Waals surface area contributed by atoms with Crippen LogP contribution in [-0.2, 0) is 17.9 Å². The van der Waals surface area contributed by atoms with E-state index in [4.69, 9.17) is 4.74 Å². The molecule has 0 aromatic heterocycles. The summed E-state index contributed by atoms with van der Waals surface area (Å²) in [5.74, 6) is 2.50. The highest BCUT2D eigenvalue weighted by atomic mass is 19.1. The summed E-state index contributed by atoms with van der Waals surface area (Å²) in [6, 6.07) is 14.3. The van der Waals surface area contributed by atoms with Crippen molar-refractivity contribution in [2.24, 2.45) is 17.8 Å². The second-order valence-electron chi connectivity index (χ2n) is 10.5. The number of alkyl halides is 1. The lowest BCUT2D eigenvalue weighted by Gasteiger charge is -2.32. The van der Waals surface area contributed by atoms with Gasteiger partial charge in [0, 0.05) is 25.6 Å². The predicted octanol–water partition coefficient (Wildman–Crippen LogP) is 5.73. The van der Waals surface area contributed by atoms with Crippen LogP contribution in [0.2, 0.25) is 0 Å². The van der Waals surface area contributed by atoms with Gasteiger partial charge < -0.3 is 10.1 Å². The maximum absolute atomic E-state index is 15.0. The van der Waals surface area contributed by atoms with E-state index in [1.807, 2.05) is 25.1 Å². The van der Waals surface area contributed by atoms with Crippen molar-refractivity contribution >= 4 is 5.91 Å². The Balaban J connectivity index is 1.15. The zero-order chi connectivity index (χ0) is 22.9. The molecule has 1 aliphatic heterocycles. The van der Waals surface area contributed by atoms with Gasteiger partial charge in [-0.1, -0.05) is 37.3 Å². The largest absolute Gasteiger partial charge is 0.493 e. The SMILES string of the molecule is C[C@H](NC(=O)[C@H]1C[C@H](C)C1)c1ccc(CN2Cc3ccc(OCC4CC4)cc3C(F)C2)cc1. The van der Waals surface area contributed by atoms with Crippen molar-refractivity contribution < 1.29 is 13.9 Å². The molecule has 4 nitrogen and oxygen atoms in total. The van der Waals surface area contributed by atoms with Crippen LogP contribution in [-0.4, -0.2) is 24.0 Å². The van der Waals surface area contributed by atoms with Crippen LogP contribution in [0, 0.1) is 17.8 Å². The number of rotatable bonds is 8. The number of amides is 1. The molecule has 176 valence electrons. The van der Waals surface area contributed by atoms with Crippen LogP contribution in [0.15, 0.2) is 42.5 Å². The molecule has 2 aromatic carbocycles. The molecule has 5 heteroatoms. The number of nitrogens with one attached hydrogen (secondary N) is 1. The van der Waals surface area contributed by atoms with Gasteiger partial charge in [0.05, 0.1) is 12.6 Å². The Hall–Kier alpha value is -2.40. The second-order valence-corrected chi connectivity index (χ2v) is 10.5. The van der Waals surface area contributed by atoms with Gasteiger partial charge in [0.25, 0.3) is 0 Å². The highest BCUT2D eigenvalue weighted by Gasteiger charge is 2.32. The van der Waals surface area contributed by atoms with Crippen LogP contribution >= 0.6 is 0 Å². The van der Waals surface area contributed by atoms with Gasteiger partial charge in [-0.3, -0.25) is 9.69 Å². The van der Waals surface area contributed by atoms with Gasteiger partial charge in [-0.15, -0.1) is 0 Å². The zero-order valence-corrected chi connectivity index (χ0v) is 19.7. The van der Waals surface area contributed by atoms with Crippen molar-refractivity contribution in [2.45, 2.75) is 64.8 Å². The Morgan fingerprint density at radius 2 is 1.94 bits per heavy atom. The molecule has 2 atom stereocenters. The van der Waals surface area contributed by atoms with Crippen LogP contribution in [0.4, 0.5) is 4.39 Å². The van der Waals surface area contributed by atoms with Crippen LogP contribution in [0.5, 0.6) is 5.75 Å². The van der Waals surface area contributed by atoms with Gasteiger partial charge in [-0.2, -0.15) is 0 Å². The molecule has 1 N–H and O–H groups in total. The molecule has 2 saturated carbocycles. The summed E-state index contributed by atoms with van der Waals surface area (Å²) in [6.07, 6.45) is 3.50. The lowest BCUT2D eigenvalue weighted by Crippen LogP contribution is -2.39. The third-order valence-corrected chi connectivity index (χ3v) is 7.44. The van der Waals surface area contributed by atoms with E-state index in [2.05, 4.69) is 41.4 Å². The number of hydrogen-bond donors (Lipinski definition) is 1. The van der Waals surface area contributed by atoms with E-state index < -0.39 is 6.17 Å². The summed E-state index contributed by atoms with van der Waals surface area (Å²) in [6.45, 7) is 6.83. The minimum absolute atomic E-state index is 0.00382. The Morgan fingerprint density at radius 3 is 2.64 bits per heavy atom. The van der Waals surface area contributed by atoms with Crippen molar-refractivity contribution in [1.82, 2.24) is 10.2 Å². The first-order valence-corrected chi connectivity index (χ1v) is 12.5. The molecule has 1 amide bonds. The third kappa shape index (κ3) is 5.40. The number of carbonyl (C=O) groups is 1. The number of halogens is 1. The third-order valence-electron chi connectivity index (χ3n) is 7.44. The Kier molecular flexibility index (Phi) is 6.42. The van der Waals surface area contributed by atoms with Crippen molar-refractivity contribution in [3.63, 3.8) is 0 Å². The predicted molar refractivity (Wildman–Crippen MR) is 128 cm³/mol. The molecule has 1 unspecified atom stereocenters. The van der Waals surface area contributed by atoms with Gasteiger partial charge in [0.2, 0.25) is 5.91 Å². The summed E-state index contributed by atoms with van der Waals surface area (Å²) >= 11 is 0. The number of hydrogen-bond acceptors (Lipinski definition) is 3. The smallest absolute Gasteiger partial charge is 0.223 e.